The maximum absolute atomic E-state index is 2.45. The molecule has 0 aromatic rings. The van der Waals surface area contributed by atoms with Gasteiger partial charge in [0, 0.05) is 6.42 Å². The van der Waals surface area contributed by atoms with Gasteiger partial charge in [-0.2, -0.15) is 0 Å². The average molecular weight is 410 g/mol. The van der Waals surface area contributed by atoms with Crippen LogP contribution in [0.4, 0.5) is 0 Å². The Bertz CT molecular complexity index is 78.4. The summed E-state index contributed by atoms with van der Waals surface area (Å²) in [5.74, 6) is 0. The van der Waals surface area contributed by atoms with Crippen molar-refractivity contribution in [3.05, 3.63) is 30.7 Å². The van der Waals surface area contributed by atoms with Gasteiger partial charge in [-0.15, -0.1) is 0 Å². The third kappa shape index (κ3) is 7.82. The zero-order chi connectivity index (χ0) is 6.24. The summed E-state index contributed by atoms with van der Waals surface area (Å²) in [4.78, 5) is 0. The van der Waals surface area contributed by atoms with E-state index in [1.807, 2.05) is 30.7 Å². The molecule has 8 heavy (non-hydrogen) atoms. The van der Waals surface area contributed by atoms with E-state index in [-0.39, 0.29) is 14.9 Å². The van der Waals surface area contributed by atoms with Crippen LogP contribution in [0.15, 0.2) is 24.3 Å². The minimum absolute atomic E-state index is 0.170. The summed E-state index contributed by atoms with van der Waals surface area (Å²) in [6.07, 6.45) is 10.0. The van der Waals surface area contributed by atoms with E-state index >= 15 is 0 Å². The molecule has 0 spiro atoms. The second-order valence-corrected chi connectivity index (χ2v) is 20.0. The molecule has 0 heterocycles. The van der Waals surface area contributed by atoms with E-state index in [0.29, 0.717) is 0 Å². The van der Waals surface area contributed by atoms with E-state index in [2.05, 4.69) is 36.1 Å². The van der Waals surface area contributed by atoms with Crippen molar-refractivity contribution in [1.82, 2.24) is 0 Å². The Morgan fingerprint density at radius 2 is 1.25 bits per heavy atom. The van der Waals surface area contributed by atoms with Gasteiger partial charge in [-0.25, -0.2) is 0 Å². The third-order valence-electron chi connectivity index (χ3n) is 0.556. The summed E-state index contributed by atoms with van der Waals surface area (Å²) in [6.45, 7) is 0. The fraction of sp³-hybridized carbons (Fsp3) is 0. The molecule has 0 amide bonds. The molecule has 1 aliphatic carbocycles. The van der Waals surface area contributed by atoms with Crippen molar-refractivity contribution in [3.8, 4) is 0 Å². The van der Waals surface area contributed by atoms with Gasteiger partial charge in [-0.05, 0) is 0 Å². The molecule has 0 N–H and O–H groups in total. The van der Waals surface area contributed by atoms with Crippen molar-refractivity contribution in [2.75, 3.05) is 0 Å². The van der Waals surface area contributed by atoms with Crippen LogP contribution < -0.4 is 0 Å². The predicted molar refractivity (Wildman–Crippen MR) is 50.6 cm³/mol. The molecule has 43 valence electrons. The molecule has 0 nitrogen and oxygen atoms in total. The summed E-state index contributed by atoms with van der Waals surface area (Å²) in [5, 5.41) is 0. The quantitative estimate of drug-likeness (QED) is 0.539. The fourth-order valence-corrected chi connectivity index (χ4v) is 0.321. The first-order valence-corrected chi connectivity index (χ1v) is 16.7. The van der Waals surface area contributed by atoms with Crippen LogP contribution in [0.1, 0.15) is 0 Å². The zero-order valence-electron chi connectivity index (χ0n) is 4.14. The first-order valence-electron chi connectivity index (χ1n) is 2.04. The van der Waals surface area contributed by atoms with Crippen LogP contribution in [-0.4, -0.2) is 0 Å². The maximum atomic E-state index is 2.45. The fourth-order valence-electron chi connectivity index (χ4n) is 0.321. The Morgan fingerprint density at radius 1 is 0.875 bits per heavy atom. The van der Waals surface area contributed by atoms with E-state index in [4.69, 9.17) is 0 Å². The average Bonchev–Trinajstić information content (AvgIpc) is 2.17. The molecule has 1 aliphatic rings. The third-order valence-corrected chi connectivity index (χ3v) is 0.556. The summed E-state index contributed by atoms with van der Waals surface area (Å²) < 4.78 is 0. The summed E-state index contributed by atoms with van der Waals surface area (Å²) in [6, 6.07) is 0. The van der Waals surface area contributed by atoms with Crippen LogP contribution in [0, 0.1) is 6.42 Å². The molecule has 3 heteroatoms. The topological polar surface area (TPSA) is 0 Å². The second-order valence-electron chi connectivity index (χ2n) is 1.03. The SMILES string of the molecule is [CH]1C=CC=C1.[I][Zr][I]. The van der Waals surface area contributed by atoms with Crippen molar-refractivity contribution < 1.29 is 14.9 Å². The van der Waals surface area contributed by atoms with E-state index in [1.54, 1.807) is 0 Å². The summed E-state index contributed by atoms with van der Waals surface area (Å²) in [7, 11) is 0. The van der Waals surface area contributed by atoms with E-state index in [9.17, 15) is 0 Å². The Balaban J connectivity index is 0.000000145. The van der Waals surface area contributed by atoms with Gasteiger partial charge in [0.05, 0.1) is 0 Å². The number of halogens is 2. The van der Waals surface area contributed by atoms with Gasteiger partial charge in [0.15, 0.2) is 0 Å². The molecule has 0 saturated heterocycles. The number of hydrogen-bond acceptors (Lipinski definition) is 0. The minimum atomic E-state index is 0.170. The molecule has 1 rings (SSSR count). The van der Waals surface area contributed by atoms with E-state index < -0.39 is 0 Å². The zero-order valence-corrected chi connectivity index (χ0v) is 10.9. The van der Waals surface area contributed by atoms with Crippen LogP contribution in [0.2, 0.25) is 0 Å². The first-order chi connectivity index (χ1) is 3.91. The van der Waals surface area contributed by atoms with Crippen LogP contribution in [0.3, 0.4) is 0 Å². The Kier molecular flexibility index (Phi) is 10.8. The van der Waals surface area contributed by atoms with Gasteiger partial charge in [0.2, 0.25) is 0 Å². The molecule has 0 aliphatic heterocycles. The summed E-state index contributed by atoms with van der Waals surface area (Å²) in [5.41, 5.74) is 0. The van der Waals surface area contributed by atoms with Gasteiger partial charge < -0.3 is 0 Å². The summed E-state index contributed by atoms with van der Waals surface area (Å²) >= 11 is 5.06. The predicted octanol–water partition coefficient (Wildman–Crippen LogP) is 3.09. The molecule has 0 unspecified atom stereocenters. The molecular formula is C5H5I2Zr. The molecule has 0 aromatic heterocycles. The molecular weight excluding hydrogens is 405 g/mol. The van der Waals surface area contributed by atoms with Crippen LogP contribution in [0.5, 0.6) is 0 Å². The standard InChI is InChI=1S/C5H5.2HI.Zr/c1-2-4-5-3-1;;;/h1-5H;2*1H;/q;;;+2/p-2. The van der Waals surface area contributed by atoms with Gasteiger partial charge in [-0.1, -0.05) is 24.3 Å². The molecule has 0 aromatic carbocycles. The van der Waals surface area contributed by atoms with E-state index in [1.165, 1.54) is 0 Å². The van der Waals surface area contributed by atoms with Gasteiger partial charge in [0.25, 0.3) is 0 Å². The van der Waals surface area contributed by atoms with Gasteiger partial charge >= 0.3 is 50.9 Å². The van der Waals surface area contributed by atoms with Crippen molar-refractivity contribution in [1.29, 1.82) is 0 Å². The molecule has 0 fully saturated rings. The van der Waals surface area contributed by atoms with Crippen LogP contribution in [0.25, 0.3) is 0 Å². The van der Waals surface area contributed by atoms with Crippen LogP contribution >= 0.6 is 36.1 Å². The number of rotatable bonds is 0. The molecule has 0 saturated carbocycles. The molecule has 0 bridgehead atoms. The molecule has 0 atom stereocenters. The van der Waals surface area contributed by atoms with E-state index in [0.717, 1.165) is 0 Å². The number of allylic oxidation sites excluding steroid dienone is 4. The van der Waals surface area contributed by atoms with Crippen molar-refractivity contribution in [3.63, 3.8) is 0 Å². The monoisotopic (exact) mass is 409 g/mol. The Labute approximate surface area is 80.1 Å². The molecule has 1 radical (unpaired) electrons. The Morgan fingerprint density at radius 3 is 1.38 bits per heavy atom. The Hall–Kier alpha value is 1.82. The number of hydrogen-bond donors (Lipinski definition) is 0. The van der Waals surface area contributed by atoms with Gasteiger partial charge in [-0.3, -0.25) is 0 Å². The van der Waals surface area contributed by atoms with Crippen molar-refractivity contribution >= 4 is 36.1 Å². The van der Waals surface area contributed by atoms with Crippen LogP contribution in [-0.2, 0) is 14.9 Å². The van der Waals surface area contributed by atoms with Crippen molar-refractivity contribution in [2.24, 2.45) is 0 Å². The normalized spacial score (nSPS) is 12.8. The van der Waals surface area contributed by atoms with Crippen molar-refractivity contribution in [2.45, 2.75) is 0 Å². The van der Waals surface area contributed by atoms with Gasteiger partial charge in [0.1, 0.15) is 0 Å². The second kappa shape index (κ2) is 8.82. The first kappa shape index (κ1) is 9.82.